The highest BCUT2D eigenvalue weighted by Crippen LogP contribution is 2.25. The van der Waals surface area contributed by atoms with E-state index in [1.807, 2.05) is 68.4 Å². The van der Waals surface area contributed by atoms with E-state index in [1.165, 1.54) is 0 Å². The number of rotatable bonds is 4. The van der Waals surface area contributed by atoms with Gasteiger partial charge in [-0.3, -0.25) is 4.79 Å². The average molecular weight is 482 g/mol. The van der Waals surface area contributed by atoms with Crippen molar-refractivity contribution in [3.63, 3.8) is 0 Å². The SMILES string of the molecule is Cc1ccc(NC(=O)c2nc(-c3cccc(Cl)c3)n(-c3ccc(Br)cc3)n2)c(C)c1. The number of anilines is 1. The van der Waals surface area contributed by atoms with E-state index < -0.39 is 0 Å². The van der Waals surface area contributed by atoms with Crippen LogP contribution in [-0.4, -0.2) is 20.7 Å². The van der Waals surface area contributed by atoms with Gasteiger partial charge >= 0.3 is 0 Å². The largest absolute Gasteiger partial charge is 0.319 e. The van der Waals surface area contributed by atoms with Crippen molar-refractivity contribution in [2.24, 2.45) is 0 Å². The molecule has 0 aliphatic carbocycles. The summed E-state index contributed by atoms with van der Waals surface area (Å²) < 4.78 is 2.60. The van der Waals surface area contributed by atoms with Gasteiger partial charge in [-0.15, -0.1) is 5.10 Å². The van der Waals surface area contributed by atoms with Gasteiger partial charge in [0.1, 0.15) is 0 Å². The number of amides is 1. The van der Waals surface area contributed by atoms with Crippen molar-refractivity contribution in [2.75, 3.05) is 5.32 Å². The Morgan fingerprint density at radius 2 is 1.80 bits per heavy atom. The second kappa shape index (κ2) is 8.42. The van der Waals surface area contributed by atoms with Gasteiger partial charge in [0.15, 0.2) is 5.82 Å². The standard InChI is InChI=1S/C23H18BrClN4O/c1-14-6-11-20(15(2)12-14)26-23(30)21-27-22(16-4-3-5-18(25)13-16)29(28-21)19-9-7-17(24)8-10-19/h3-13H,1-2H3,(H,26,30). The number of nitrogens with zero attached hydrogens (tertiary/aromatic N) is 3. The molecular weight excluding hydrogens is 464 g/mol. The summed E-state index contributed by atoms with van der Waals surface area (Å²) in [6, 6.07) is 20.8. The number of halogens is 2. The Balaban J connectivity index is 1.76. The molecule has 0 atom stereocenters. The molecule has 30 heavy (non-hydrogen) atoms. The summed E-state index contributed by atoms with van der Waals surface area (Å²) in [6.07, 6.45) is 0. The molecule has 4 rings (SSSR count). The van der Waals surface area contributed by atoms with Crippen LogP contribution in [0.2, 0.25) is 5.02 Å². The van der Waals surface area contributed by atoms with Gasteiger partial charge in [0.05, 0.1) is 5.69 Å². The summed E-state index contributed by atoms with van der Waals surface area (Å²) in [6.45, 7) is 3.96. The van der Waals surface area contributed by atoms with Gasteiger partial charge in [0.2, 0.25) is 5.82 Å². The predicted molar refractivity (Wildman–Crippen MR) is 123 cm³/mol. The first kappa shape index (κ1) is 20.3. The monoisotopic (exact) mass is 480 g/mol. The number of carbonyl (C=O) groups is 1. The molecule has 1 amide bonds. The molecule has 1 aromatic heterocycles. The van der Waals surface area contributed by atoms with E-state index in [0.717, 1.165) is 32.5 Å². The zero-order chi connectivity index (χ0) is 21.3. The fraction of sp³-hybridized carbons (Fsp3) is 0.0870. The summed E-state index contributed by atoms with van der Waals surface area (Å²) in [5.74, 6) is 0.236. The van der Waals surface area contributed by atoms with Crippen LogP contribution < -0.4 is 5.32 Å². The second-order valence-electron chi connectivity index (χ2n) is 6.93. The lowest BCUT2D eigenvalue weighted by atomic mass is 10.1. The molecular formula is C23H18BrClN4O. The number of benzene rings is 3. The van der Waals surface area contributed by atoms with Crippen molar-refractivity contribution in [1.29, 1.82) is 0 Å². The van der Waals surface area contributed by atoms with Crippen molar-refractivity contribution >= 4 is 39.1 Å². The minimum atomic E-state index is -0.374. The zero-order valence-electron chi connectivity index (χ0n) is 16.4. The van der Waals surface area contributed by atoms with Gasteiger partial charge in [0.25, 0.3) is 5.91 Å². The Kier molecular flexibility index (Phi) is 5.70. The molecule has 0 fully saturated rings. The van der Waals surface area contributed by atoms with Crippen LogP contribution in [0, 0.1) is 13.8 Å². The van der Waals surface area contributed by atoms with Crippen LogP contribution in [0.1, 0.15) is 21.7 Å². The lowest BCUT2D eigenvalue weighted by Gasteiger charge is -2.07. The number of carbonyl (C=O) groups excluding carboxylic acids is 1. The van der Waals surface area contributed by atoms with Crippen molar-refractivity contribution in [1.82, 2.24) is 14.8 Å². The molecule has 0 radical (unpaired) electrons. The van der Waals surface area contributed by atoms with Gasteiger partial charge in [-0.2, -0.15) is 0 Å². The summed E-state index contributed by atoms with van der Waals surface area (Å²) in [4.78, 5) is 17.5. The maximum Gasteiger partial charge on any atom is 0.295 e. The molecule has 0 saturated heterocycles. The van der Waals surface area contributed by atoms with Crippen molar-refractivity contribution < 1.29 is 4.79 Å². The second-order valence-corrected chi connectivity index (χ2v) is 8.28. The van der Waals surface area contributed by atoms with E-state index in [2.05, 4.69) is 31.3 Å². The summed E-state index contributed by atoms with van der Waals surface area (Å²) in [5.41, 5.74) is 4.39. The van der Waals surface area contributed by atoms with Crippen LogP contribution in [0.25, 0.3) is 17.1 Å². The first-order valence-electron chi connectivity index (χ1n) is 9.28. The molecule has 0 spiro atoms. The predicted octanol–water partition coefficient (Wildman–Crippen LogP) is 6.22. The molecule has 1 N–H and O–H groups in total. The Bertz CT molecular complexity index is 1230. The van der Waals surface area contributed by atoms with E-state index in [0.29, 0.717) is 10.8 Å². The molecule has 0 aliphatic rings. The summed E-state index contributed by atoms with van der Waals surface area (Å²) in [7, 11) is 0. The van der Waals surface area contributed by atoms with Crippen LogP contribution in [0.5, 0.6) is 0 Å². The van der Waals surface area contributed by atoms with E-state index in [4.69, 9.17) is 11.6 Å². The number of hydrogen-bond acceptors (Lipinski definition) is 3. The molecule has 1 heterocycles. The van der Waals surface area contributed by atoms with Crippen LogP contribution in [0.4, 0.5) is 5.69 Å². The minimum absolute atomic E-state index is 0.0767. The fourth-order valence-corrected chi connectivity index (χ4v) is 3.57. The first-order chi connectivity index (χ1) is 14.4. The van der Waals surface area contributed by atoms with Crippen LogP contribution in [0.3, 0.4) is 0 Å². The summed E-state index contributed by atoms with van der Waals surface area (Å²) in [5, 5.41) is 7.98. The normalized spacial score (nSPS) is 10.8. The number of nitrogens with one attached hydrogen (secondary N) is 1. The van der Waals surface area contributed by atoms with Crippen LogP contribution >= 0.6 is 27.5 Å². The van der Waals surface area contributed by atoms with Gasteiger partial charge < -0.3 is 5.32 Å². The lowest BCUT2D eigenvalue weighted by molar-refractivity contribution is 0.101. The molecule has 5 nitrogen and oxygen atoms in total. The first-order valence-corrected chi connectivity index (χ1v) is 10.5. The van der Waals surface area contributed by atoms with Gasteiger partial charge in [-0.25, -0.2) is 9.67 Å². The van der Waals surface area contributed by atoms with E-state index in [9.17, 15) is 4.79 Å². The number of aromatic nitrogens is 3. The quantitative estimate of drug-likeness (QED) is 0.376. The molecule has 0 bridgehead atoms. The third-order valence-corrected chi connectivity index (χ3v) is 5.36. The molecule has 0 saturated carbocycles. The highest BCUT2D eigenvalue weighted by Gasteiger charge is 2.19. The smallest absolute Gasteiger partial charge is 0.295 e. The topological polar surface area (TPSA) is 59.8 Å². The molecule has 4 aromatic rings. The highest BCUT2D eigenvalue weighted by molar-refractivity contribution is 9.10. The lowest BCUT2D eigenvalue weighted by Crippen LogP contribution is -2.15. The van der Waals surface area contributed by atoms with Crippen LogP contribution in [-0.2, 0) is 0 Å². The average Bonchev–Trinajstić information content (AvgIpc) is 3.16. The number of aryl methyl sites for hydroxylation is 2. The molecule has 3 aromatic carbocycles. The minimum Gasteiger partial charge on any atom is -0.319 e. The molecule has 0 aliphatic heterocycles. The highest BCUT2D eigenvalue weighted by atomic mass is 79.9. The Labute approximate surface area is 187 Å². The third kappa shape index (κ3) is 4.30. The number of hydrogen-bond donors (Lipinski definition) is 1. The van der Waals surface area contributed by atoms with Crippen molar-refractivity contribution in [2.45, 2.75) is 13.8 Å². The Morgan fingerprint density at radius 1 is 1.03 bits per heavy atom. The third-order valence-electron chi connectivity index (χ3n) is 4.59. The molecule has 150 valence electrons. The maximum absolute atomic E-state index is 12.9. The van der Waals surface area contributed by atoms with E-state index >= 15 is 0 Å². The summed E-state index contributed by atoms with van der Waals surface area (Å²) >= 11 is 9.62. The van der Waals surface area contributed by atoms with Crippen molar-refractivity contribution in [3.05, 3.63) is 93.2 Å². The van der Waals surface area contributed by atoms with E-state index in [-0.39, 0.29) is 11.7 Å². The Hall–Kier alpha value is -2.96. The van der Waals surface area contributed by atoms with Crippen LogP contribution in [0.15, 0.2) is 71.2 Å². The molecule has 7 heteroatoms. The van der Waals surface area contributed by atoms with Gasteiger partial charge in [-0.1, -0.05) is 57.4 Å². The van der Waals surface area contributed by atoms with Gasteiger partial charge in [-0.05, 0) is 61.9 Å². The maximum atomic E-state index is 12.9. The fourth-order valence-electron chi connectivity index (χ4n) is 3.12. The zero-order valence-corrected chi connectivity index (χ0v) is 18.7. The molecule has 0 unspecified atom stereocenters. The van der Waals surface area contributed by atoms with E-state index in [1.54, 1.807) is 16.8 Å². The van der Waals surface area contributed by atoms with Crippen molar-refractivity contribution in [3.8, 4) is 17.1 Å². The van der Waals surface area contributed by atoms with Gasteiger partial charge in [0, 0.05) is 20.7 Å². The Morgan fingerprint density at radius 3 is 2.50 bits per heavy atom.